The minimum atomic E-state index is -0.452. The van der Waals surface area contributed by atoms with Gasteiger partial charge in [0.2, 0.25) is 0 Å². The fraction of sp³-hybridized carbons (Fsp3) is 0.235. The lowest BCUT2D eigenvalue weighted by atomic mass is 10.00. The molecule has 2 aromatic carbocycles. The molecule has 0 radical (unpaired) electrons. The summed E-state index contributed by atoms with van der Waals surface area (Å²) in [5.74, 6) is 0.0320. The van der Waals surface area contributed by atoms with Crippen molar-refractivity contribution in [2.45, 2.75) is 20.3 Å². The molecule has 2 nitrogen and oxygen atoms in total. The third-order valence-electron chi connectivity index (χ3n) is 3.05. The van der Waals surface area contributed by atoms with Gasteiger partial charge in [-0.15, -0.1) is 0 Å². The van der Waals surface area contributed by atoms with Crippen LogP contribution in [0.5, 0.6) is 5.75 Å². The molecule has 0 spiro atoms. The number of hydrogen-bond donors (Lipinski definition) is 0. The van der Waals surface area contributed by atoms with Crippen LogP contribution in [-0.4, -0.2) is 12.4 Å². The molecule has 0 heterocycles. The predicted octanol–water partition coefficient (Wildman–Crippen LogP) is 4.09. The first-order valence-corrected chi connectivity index (χ1v) is 6.55. The van der Waals surface area contributed by atoms with Crippen LogP contribution in [0.1, 0.15) is 27.9 Å². The van der Waals surface area contributed by atoms with Crippen molar-refractivity contribution in [2.24, 2.45) is 0 Å². The van der Waals surface area contributed by atoms with E-state index >= 15 is 0 Å². The molecule has 0 N–H and O–H groups in total. The second-order valence-electron chi connectivity index (χ2n) is 4.77. The highest BCUT2D eigenvalue weighted by Crippen LogP contribution is 2.18. The van der Waals surface area contributed by atoms with Crippen molar-refractivity contribution in [1.29, 1.82) is 0 Å². The number of rotatable bonds is 5. The van der Waals surface area contributed by atoms with E-state index < -0.39 is 5.82 Å². The van der Waals surface area contributed by atoms with E-state index in [-0.39, 0.29) is 24.4 Å². The summed E-state index contributed by atoms with van der Waals surface area (Å²) in [4.78, 5) is 12.1. The number of para-hydroxylation sites is 1. The highest BCUT2D eigenvalue weighted by atomic mass is 19.1. The molecule has 3 heteroatoms. The van der Waals surface area contributed by atoms with E-state index in [2.05, 4.69) is 0 Å². The quantitative estimate of drug-likeness (QED) is 0.766. The van der Waals surface area contributed by atoms with Gasteiger partial charge < -0.3 is 4.74 Å². The number of Topliss-reactive ketones (excluding diaryl/α,β-unsaturated/α-hetero) is 1. The van der Waals surface area contributed by atoms with Gasteiger partial charge in [0.1, 0.15) is 11.6 Å². The second-order valence-corrected chi connectivity index (χ2v) is 4.77. The Hall–Kier alpha value is -2.16. The number of carbonyl (C=O) groups is 1. The minimum absolute atomic E-state index is 0.162. The highest BCUT2D eigenvalue weighted by Gasteiger charge is 2.15. The largest absolute Gasteiger partial charge is 0.493 e. The number of ether oxygens (including phenoxy) is 1. The summed E-state index contributed by atoms with van der Waals surface area (Å²) in [6.07, 6.45) is 0.162. The minimum Gasteiger partial charge on any atom is -0.493 e. The van der Waals surface area contributed by atoms with Crippen LogP contribution >= 0.6 is 0 Å². The smallest absolute Gasteiger partial charge is 0.169 e. The van der Waals surface area contributed by atoms with E-state index in [0.29, 0.717) is 11.3 Å². The van der Waals surface area contributed by atoms with Gasteiger partial charge in [0.25, 0.3) is 0 Å². The Labute approximate surface area is 118 Å². The Bertz CT molecular complexity index is 583. The van der Waals surface area contributed by atoms with Crippen LogP contribution in [0.3, 0.4) is 0 Å². The topological polar surface area (TPSA) is 26.3 Å². The molecule has 0 aliphatic rings. The standard InChI is InChI=1S/C17H17FO2/c1-12-10-13(2)17(15(18)11-12)16(19)8-9-20-14-6-4-3-5-7-14/h3-7,10-11H,8-9H2,1-2H3. The number of halogens is 1. The van der Waals surface area contributed by atoms with Crippen molar-refractivity contribution in [3.8, 4) is 5.75 Å². The molecule has 0 amide bonds. The molecule has 0 aliphatic carbocycles. The van der Waals surface area contributed by atoms with Gasteiger partial charge in [0.05, 0.1) is 12.2 Å². The Balaban J connectivity index is 1.99. The maximum atomic E-state index is 13.9. The van der Waals surface area contributed by atoms with Crippen molar-refractivity contribution >= 4 is 5.78 Å². The van der Waals surface area contributed by atoms with E-state index in [1.165, 1.54) is 6.07 Å². The zero-order valence-corrected chi connectivity index (χ0v) is 11.7. The molecular formula is C17H17FO2. The van der Waals surface area contributed by atoms with Crippen LogP contribution in [0, 0.1) is 19.7 Å². The number of ketones is 1. The Kier molecular flexibility index (Phi) is 4.51. The summed E-state index contributed by atoms with van der Waals surface area (Å²) in [6, 6.07) is 12.5. The molecule has 0 saturated carbocycles. The fourth-order valence-electron chi connectivity index (χ4n) is 2.17. The average Bonchev–Trinajstić information content (AvgIpc) is 2.38. The number of aryl methyl sites for hydroxylation is 2. The lowest BCUT2D eigenvalue weighted by Gasteiger charge is -2.09. The van der Waals surface area contributed by atoms with Crippen molar-refractivity contribution in [1.82, 2.24) is 0 Å². The number of carbonyl (C=O) groups excluding carboxylic acids is 1. The van der Waals surface area contributed by atoms with Crippen molar-refractivity contribution in [3.63, 3.8) is 0 Å². The van der Waals surface area contributed by atoms with Crippen molar-refractivity contribution in [2.75, 3.05) is 6.61 Å². The summed E-state index contributed by atoms with van der Waals surface area (Å²) in [5, 5.41) is 0. The Morgan fingerprint density at radius 1 is 1.15 bits per heavy atom. The molecule has 2 rings (SSSR count). The van der Waals surface area contributed by atoms with Crippen LogP contribution in [0.15, 0.2) is 42.5 Å². The molecule has 104 valence electrons. The molecule has 2 aromatic rings. The first kappa shape index (κ1) is 14.3. The SMILES string of the molecule is Cc1cc(C)c(C(=O)CCOc2ccccc2)c(F)c1. The van der Waals surface area contributed by atoms with Crippen molar-refractivity contribution in [3.05, 3.63) is 65.0 Å². The Morgan fingerprint density at radius 3 is 2.50 bits per heavy atom. The molecule has 0 fully saturated rings. The van der Waals surface area contributed by atoms with E-state index in [9.17, 15) is 9.18 Å². The predicted molar refractivity (Wildman–Crippen MR) is 76.8 cm³/mol. The molecule has 20 heavy (non-hydrogen) atoms. The third kappa shape index (κ3) is 3.44. The summed E-state index contributed by atoms with van der Waals surface area (Å²) in [7, 11) is 0. The van der Waals surface area contributed by atoms with Crippen molar-refractivity contribution < 1.29 is 13.9 Å². The van der Waals surface area contributed by atoms with E-state index in [1.54, 1.807) is 6.92 Å². The van der Waals surface area contributed by atoms with Crippen LogP contribution < -0.4 is 4.74 Å². The molecule has 0 atom stereocenters. The molecule has 0 aliphatic heterocycles. The van der Waals surface area contributed by atoms with Gasteiger partial charge in [-0.3, -0.25) is 4.79 Å². The molecule has 0 saturated heterocycles. The van der Waals surface area contributed by atoms with Gasteiger partial charge in [-0.25, -0.2) is 4.39 Å². The van der Waals surface area contributed by atoms with Crippen LogP contribution in [0.2, 0.25) is 0 Å². The van der Waals surface area contributed by atoms with E-state index in [1.807, 2.05) is 43.3 Å². The van der Waals surface area contributed by atoms with Gasteiger partial charge in [-0.05, 0) is 43.2 Å². The maximum absolute atomic E-state index is 13.9. The van der Waals surface area contributed by atoms with Crippen LogP contribution in [0.4, 0.5) is 4.39 Å². The number of benzene rings is 2. The van der Waals surface area contributed by atoms with Gasteiger partial charge >= 0.3 is 0 Å². The maximum Gasteiger partial charge on any atom is 0.169 e. The molecule has 0 bridgehead atoms. The highest BCUT2D eigenvalue weighted by molar-refractivity contribution is 5.97. The van der Waals surface area contributed by atoms with E-state index in [0.717, 1.165) is 5.56 Å². The molecular weight excluding hydrogens is 255 g/mol. The zero-order valence-electron chi connectivity index (χ0n) is 11.7. The van der Waals surface area contributed by atoms with Crippen LogP contribution in [-0.2, 0) is 0 Å². The summed E-state index contributed by atoms with van der Waals surface area (Å²) >= 11 is 0. The zero-order chi connectivity index (χ0) is 14.5. The van der Waals surface area contributed by atoms with Gasteiger partial charge in [-0.1, -0.05) is 24.3 Å². The lowest BCUT2D eigenvalue weighted by Crippen LogP contribution is -2.10. The number of hydrogen-bond acceptors (Lipinski definition) is 2. The fourth-order valence-corrected chi connectivity index (χ4v) is 2.17. The third-order valence-corrected chi connectivity index (χ3v) is 3.05. The van der Waals surface area contributed by atoms with Crippen LogP contribution in [0.25, 0.3) is 0 Å². The Morgan fingerprint density at radius 2 is 1.85 bits per heavy atom. The van der Waals surface area contributed by atoms with E-state index in [4.69, 9.17) is 4.74 Å². The summed E-state index contributed by atoms with van der Waals surface area (Å²) < 4.78 is 19.3. The first-order valence-electron chi connectivity index (χ1n) is 6.55. The average molecular weight is 272 g/mol. The first-order chi connectivity index (χ1) is 9.58. The molecule has 0 aromatic heterocycles. The second kappa shape index (κ2) is 6.33. The van der Waals surface area contributed by atoms with Gasteiger partial charge in [0.15, 0.2) is 5.78 Å². The monoisotopic (exact) mass is 272 g/mol. The normalized spacial score (nSPS) is 10.3. The summed E-state index contributed by atoms with van der Waals surface area (Å²) in [6.45, 7) is 3.81. The van der Waals surface area contributed by atoms with Gasteiger partial charge in [-0.2, -0.15) is 0 Å². The molecule has 0 unspecified atom stereocenters. The lowest BCUT2D eigenvalue weighted by molar-refractivity contribution is 0.0957. The van der Waals surface area contributed by atoms with Gasteiger partial charge in [0, 0.05) is 6.42 Å². The summed E-state index contributed by atoms with van der Waals surface area (Å²) in [5.41, 5.74) is 1.66.